The Morgan fingerprint density at radius 1 is 1.54 bits per heavy atom. The second-order valence-electron chi connectivity index (χ2n) is 2.63. The van der Waals surface area contributed by atoms with Crippen molar-refractivity contribution in [3.8, 4) is 5.75 Å². The largest absolute Gasteiger partial charge is 0.493 e. The molecular formula is C8H8BrN3O. The molecule has 5 heteroatoms. The summed E-state index contributed by atoms with van der Waals surface area (Å²) in [6, 6.07) is 1.77. The third-order valence-corrected chi connectivity index (χ3v) is 2.16. The van der Waals surface area contributed by atoms with Crippen LogP contribution in [0.5, 0.6) is 5.75 Å². The fourth-order valence-corrected chi connectivity index (χ4v) is 1.57. The first-order chi connectivity index (χ1) is 6.20. The molecule has 0 amide bonds. The molecule has 0 unspecified atom stereocenters. The number of methoxy groups -OCH3 is 1. The molecule has 13 heavy (non-hydrogen) atoms. The summed E-state index contributed by atoms with van der Waals surface area (Å²) in [6.07, 6.45) is 3.64. The van der Waals surface area contributed by atoms with Crippen LogP contribution in [-0.4, -0.2) is 16.5 Å². The summed E-state index contributed by atoms with van der Waals surface area (Å²) in [6.45, 7) is 0. The molecule has 0 atom stereocenters. The van der Waals surface area contributed by atoms with Crippen LogP contribution in [0.4, 0.5) is 5.69 Å². The Morgan fingerprint density at radius 3 is 3.00 bits per heavy atom. The van der Waals surface area contributed by atoms with Crippen molar-refractivity contribution in [1.82, 2.24) is 9.38 Å². The Hall–Kier alpha value is -1.23. The number of fused-ring (bicyclic) bond motifs is 1. The van der Waals surface area contributed by atoms with Gasteiger partial charge in [-0.3, -0.25) is 0 Å². The maximum Gasteiger partial charge on any atom is 0.158 e. The predicted molar refractivity (Wildman–Crippen MR) is 53.9 cm³/mol. The summed E-state index contributed by atoms with van der Waals surface area (Å²) >= 11 is 3.28. The minimum Gasteiger partial charge on any atom is -0.493 e. The van der Waals surface area contributed by atoms with Gasteiger partial charge >= 0.3 is 0 Å². The van der Waals surface area contributed by atoms with E-state index >= 15 is 0 Å². The van der Waals surface area contributed by atoms with Crippen molar-refractivity contribution < 1.29 is 4.74 Å². The van der Waals surface area contributed by atoms with Crippen molar-refractivity contribution >= 4 is 27.3 Å². The van der Waals surface area contributed by atoms with Gasteiger partial charge in [0.15, 0.2) is 5.75 Å². The normalized spacial score (nSPS) is 10.6. The van der Waals surface area contributed by atoms with Crippen molar-refractivity contribution in [3.63, 3.8) is 0 Å². The maximum absolute atomic E-state index is 5.71. The van der Waals surface area contributed by atoms with Gasteiger partial charge in [0.2, 0.25) is 0 Å². The summed E-state index contributed by atoms with van der Waals surface area (Å²) in [4.78, 5) is 4.19. The molecular weight excluding hydrogens is 234 g/mol. The van der Waals surface area contributed by atoms with E-state index in [0.717, 1.165) is 10.3 Å². The first-order valence-electron chi connectivity index (χ1n) is 3.68. The maximum atomic E-state index is 5.71. The minimum atomic E-state index is 0.591. The first kappa shape index (κ1) is 8.37. The third kappa shape index (κ3) is 1.35. The second kappa shape index (κ2) is 2.92. The van der Waals surface area contributed by atoms with Crippen LogP contribution in [0.15, 0.2) is 23.1 Å². The number of imidazole rings is 1. The predicted octanol–water partition coefficient (Wildman–Crippen LogP) is 1.69. The van der Waals surface area contributed by atoms with Crippen molar-refractivity contribution in [3.05, 3.63) is 23.1 Å². The molecule has 2 N–H and O–H groups in total. The Bertz CT molecular complexity index is 452. The van der Waals surface area contributed by atoms with E-state index in [0.29, 0.717) is 11.4 Å². The summed E-state index contributed by atoms with van der Waals surface area (Å²) in [7, 11) is 1.59. The number of ether oxygens (including phenoxy) is 1. The Balaban J connectivity index is 2.72. The molecule has 0 saturated heterocycles. The quantitative estimate of drug-likeness (QED) is 0.827. The zero-order valence-corrected chi connectivity index (χ0v) is 8.58. The minimum absolute atomic E-state index is 0.591. The average molecular weight is 242 g/mol. The van der Waals surface area contributed by atoms with Crippen LogP contribution in [0.1, 0.15) is 0 Å². The highest BCUT2D eigenvalue weighted by Gasteiger charge is 2.04. The molecule has 0 spiro atoms. The van der Waals surface area contributed by atoms with Crippen LogP contribution in [-0.2, 0) is 0 Å². The Morgan fingerprint density at radius 2 is 2.31 bits per heavy atom. The van der Waals surface area contributed by atoms with E-state index in [4.69, 9.17) is 10.5 Å². The highest BCUT2D eigenvalue weighted by Crippen LogP contribution is 2.23. The zero-order valence-electron chi connectivity index (χ0n) is 6.99. The van der Waals surface area contributed by atoms with Gasteiger partial charge in [0, 0.05) is 12.3 Å². The molecule has 0 radical (unpaired) electrons. The fourth-order valence-electron chi connectivity index (χ4n) is 1.17. The lowest BCUT2D eigenvalue weighted by Gasteiger charge is -2.03. The van der Waals surface area contributed by atoms with Crippen molar-refractivity contribution in [2.24, 2.45) is 0 Å². The number of nitrogens with two attached hydrogens (primary N) is 1. The number of aromatic nitrogens is 2. The number of nitrogen functional groups attached to an aromatic ring is 1. The van der Waals surface area contributed by atoms with E-state index in [9.17, 15) is 0 Å². The van der Waals surface area contributed by atoms with E-state index in [2.05, 4.69) is 20.9 Å². The number of pyridine rings is 1. The van der Waals surface area contributed by atoms with E-state index in [1.54, 1.807) is 19.4 Å². The lowest BCUT2D eigenvalue weighted by atomic mass is 10.4. The summed E-state index contributed by atoms with van der Waals surface area (Å²) in [5.41, 5.74) is 7.10. The van der Waals surface area contributed by atoms with Crippen LogP contribution in [0, 0.1) is 0 Å². The van der Waals surface area contributed by atoms with Crippen LogP contribution < -0.4 is 10.5 Å². The molecule has 0 aliphatic carbocycles. The Labute approximate surface area is 83.5 Å². The van der Waals surface area contributed by atoms with Crippen molar-refractivity contribution in [2.75, 3.05) is 12.8 Å². The summed E-state index contributed by atoms with van der Waals surface area (Å²) in [5.74, 6) is 0.650. The molecule has 0 bridgehead atoms. The van der Waals surface area contributed by atoms with Crippen LogP contribution >= 0.6 is 15.9 Å². The second-order valence-corrected chi connectivity index (χ2v) is 3.44. The van der Waals surface area contributed by atoms with E-state index in [1.165, 1.54) is 0 Å². The van der Waals surface area contributed by atoms with Gasteiger partial charge < -0.3 is 14.9 Å². The van der Waals surface area contributed by atoms with Gasteiger partial charge in [-0.05, 0) is 15.9 Å². The average Bonchev–Trinajstić information content (AvgIpc) is 2.42. The molecule has 0 aliphatic heterocycles. The van der Waals surface area contributed by atoms with Gasteiger partial charge in [-0.2, -0.15) is 0 Å². The lowest BCUT2D eigenvalue weighted by molar-refractivity contribution is 0.414. The molecule has 4 nitrogen and oxygen atoms in total. The SMILES string of the molecule is COc1cn2cc(Br)nc2cc1N. The number of rotatable bonds is 1. The molecule has 2 aromatic rings. The standard InChI is InChI=1S/C8H8BrN3O/c1-13-6-3-12-4-7(9)11-8(12)2-5(6)10/h2-4H,10H2,1H3. The van der Waals surface area contributed by atoms with E-state index in [-0.39, 0.29) is 0 Å². The Kier molecular flexibility index (Phi) is 1.88. The topological polar surface area (TPSA) is 52.5 Å². The molecule has 68 valence electrons. The van der Waals surface area contributed by atoms with E-state index < -0.39 is 0 Å². The number of hydrogen-bond donors (Lipinski definition) is 1. The van der Waals surface area contributed by atoms with Crippen molar-refractivity contribution in [1.29, 1.82) is 0 Å². The van der Waals surface area contributed by atoms with E-state index in [1.807, 2.05) is 10.6 Å². The smallest absolute Gasteiger partial charge is 0.158 e. The van der Waals surface area contributed by atoms with Gasteiger partial charge in [0.25, 0.3) is 0 Å². The fraction of sp³-hybridized carbons (Fsp3) is 0.125. The highest BCUT2D eigenvalue weighted by molar-refractivity contribution is 9.10. The van der Waals surface area contributed by atoms with Crippen LogP contribution in [0.3, 0.4) is 0 Å². The van der Waals surface area contributed by atoms with Crippen LogP contribution in [0.2, 0.25) is 0 Å². The number of hydrogen-bond acceptors (Lipinski definition) is 3. The molecule has 2 heterocycles. The van der Waals surface area contributed by atoms with Gasteiger partial charge in [-0.25, -0.2) is 4.98 Å². The molecule has 2 rings (SSSR count). The summed E-state index contributed by atoms with van der Waals surface area (Å²) in [5, 5.41) is 0. The number of halogens is 1. The van der Waals surface area contributed by atoms with Crippen molar-refractivity contribution in [2.45, 2.75) is 0 Å². The molecule has 0 aliphatic rings. The monoisotopic (exact) mass is 241 g/mol. The first-order valence-corrected chi connectivity index (χ1v) is 4.47. The molecule has 0 saturated carbocycles. The third-order valence-electron chi connectivity index (χ3n) is 1.78. The van der Waals surface area contributed by atoms with Crippen LogP contribution in [0.25, 0.3) is 5.65 Å². The van der Waals surface area contributed by atoms with Gasteiger partial charge in [0.1, 0.15) is 10.3 Å². The van der Waals surface area contributed by atoms with Gasteiger partial charge in [-0.1, -0.05) is 0 Å². The molecule has 0 fully saturated rings. The molecule has 0 aromatic carbocycles. The number of nitrogens with zero attached hydrogens (tertiary/aromatic N) is 2. The summed E-state index contributed by atoms with van der Waals surface area (Å²) < 4.78 is 7.70. The highest BCUT2D eigenvalue weighted by atomic mass is 79.9. The number of anilines is 1. The molecule has 2 aromatic heterocycles. The lowest BCUT2D eigenvalue weighted by Crippen LogP contribution is -1.95. The zero-order chi connectivity index (χ0) is 9.42. The van der Waals surface area contributed by atoms with Gasteiger partial charge in [-0.15, -0.1) is 0 Å². The van der Waals surface area contributed by atoms with Gasteiger partial charge in [0.05, 0.1) is 19.0 Å².